The van der Waals surface area contributed by atoms with Crippen molar-refractivity contribution in [2.24, 2.45) is 5.73 Å². The molecule has 1 amide bonds. The molecule has 33 heavy (non-hydrogen) atoms. The number of amides is 1. The molecule has 0 bridgehead atoms. The lowest BCUT2D eigenvalue weighted by molar-refractivity contribution is -0.138. The van der Waals surface area contributed by atoms with Crippen LogP contribution in [0.4, 0.5) is 13.2 Å². The van der Waals surface area contributed by atoms with Gasteiger partial charge in [-0.2, -0.15) is 13.2 Å². The molecule has 0 aliphatic heterocycles. The highest BCUT2D eigenvalue weighted by Crippen LogP contribution is 2.34. The van der Waals surface area contributed by atoms with Crippen LogP contribution in [0, 0.1) is 13.8 Å². The Morgan fingerprint density at radius 1 is 0.818 bits per heavy atom. The zero-order valence-corrected chi connectivity index (χ0v) is 17.9. The number of hydrogen-bond acceptors (Lipinski definition) is 3. The van der Waals surface area contributed by atoms with E-state index in [1.54, 1.807) is 25.1 Å². The number of rotatable bonds is 4. The van der Waals surface area contributed by atoms with E-state index >= 15 is 0 Å². The Balaban J connectivity index is 1.78. The summed E-state index contributed by atoms with van der Waals surface area (Å²) in [5, 5.41) is 0. The van der Waals surface area contributed by atoms with Crippen molar-refractivity contribution >= 4 is 5.91 Å². The van der Waals surface area contributed by atoms with Crippen LogP contribution in [0.1, 0.15) is 27.2 Å². The molecule has 0 unspecified atom stereocenters. The minimum Gasteiger partial charge on any atom is -0.366 e. The molecule has 7 heteroatoms. The number of benzene rings is 3. The van der Waals surface area contributed by atoms with Crippen LogP contribution < -0.4 is 5.73 Å². The minimum absolute atomic E-state index is 0.128. The van der Waals surface area contributed by atoms with Gasteiger partial charge in [0, 0.05) is 22.4 Å². The first-order valence-corrected chi connectivity index (χ1v) is 10.2. The van der Waals surface area contributed by atoms with Crippen molar-refractivity contribution in [3.63, 3.8) is 0 Å². The van der Waals surface area contributed by atoms with Crippen molar-refractivity contribution in [1.82, 2.24) is 9.97 Å². The van der Waals surface area contributed by atoms with Gasteiger partial charge in [-0.15, -0.1) is 0 Å². The predicted octanol–water partition coefficient (Wildman–Crippen LogP) is 6.21. The number of carbonyl (C=O) groups excluding carboxylic acids is 1. The number of aryl methyl sites for hydroxylation is 2. The van der Waals surface area contributed by atoms with Crippen molar-refractivity contribution in [1.29, 1.82) is 0 Å². The number of carbonyl (C=O) groups is 1. The molecule has 0 fully saturated rings. The van der Waals surface area contributed by atoms with E-state index in [0.717, 1.165) is 11.6 Å². The summed E-state index contributed by atoms with van der Waals surface area (Å²) in [5.74, 6) is -0.0938. The van der Waals surface area contributed by atoms with Gasteiger partial charge < -0.3 is 5.73 Å². The molecule has 3 aromatic carbocycles. The van der Waals surface area contributed by atoms with E-state index < -0.39 is 17.6 Å². The van der Waals surface area contributed by atoms with Gasteiger partial charge in [0.15, 0.2) is 5.82 Å². The van der Waals surface area contributed by atoms with Gasteiger partial charge >= 0.3 is 6.18 Å². The highest BCUT2D eigenvalue weighted by atomic mass is 19.4. The average Bonchev–Trinajstić information content (AvgIpc) is 2.78. The van der Waals surface area contributed by atoms with Gasteiger partial charge in [0.25, 0.3) is 0 Å². The van der Waals surface area contributed by atoms with Crippen molar-refractivity contribution in [2.45, 2.75) is 20.0 Å². The standard InChI is InChI=1S/C26H20F3N3O/c1-15-12-18(10-11-22(15)26(27,28)29)23-13-16(2)31-25(32-23)19-7-5-6-17(14-19)20-8-3-4-9-21(20)24(30)33/h3-14H,1-2H3,(H2,30,33). The molecule has 2 N–H and O–H groups in total. The molecule has 166 valence electrons. The highest BCUT2D eigenvalue weighted by molar-refractivity contribution is 6.00. The van der Waals surface area contributed by atoms with Crippen LogP contribution in [0.15, 0.2) is 72.8 Å². The van der Waals surface area contributed by atoms with Crippen molar-refractivity contribution in [3.8, 4) is 33.8 Å². The Morgan fingerprint density at radius 3 is 2.24 bits per heavy atom. The molecular weight excluding hydrogens is 427 g/mol. The van der Waals surface area contributed by atoms with E-state index in [2.05, 4.69) is 9.97 Å². The van der Waals surface area contributed by atoms with Crippen LogP contribution in [0.25, 0.3) is 33.8 Å². The number of primary amides is 1. The SMILES string of the molecule is Cc1cc(-c2ccc(C(F)(F)F)c(C)c2)nc(-c2cccc(-c3ccccc3C(N)=O)c2)n1. The lowest BCUT2D eigenvalue weighted by Gasteiger charge is -2.13. The van der Waals surface area contributed by atoms with Gasteiger partial charge in [-0.1, -0.05) is 42.5 Å². The topological polar surface area (TPSA) is 68.9 Å². The van der Waals surface area contributed by atoms with Crippen LogP contribution in [0.2, 0.25) is 0 Å². The van der Waals surface area contributed by atoms with Crippen molar-refractivity contribution in [3.05, 3.63) is 95.2 Å². The first-order chi connectivity index (χ1) is 15.6. The summed E-state index contributed by atoms with van der Waals surface area (Å²) in [7, 11) is 0. The third kappa shape index (κ3) is 4.62. The molecular formula is C26H20F3N3O. The summed E-state index contributed by atoms with van der Waals surface area (Å²) < 4.78 is 39.4. The van der Waals surface area contributed by atoms with Crippen molar-refractivity contribution < 1.29 is 18.0 Å². The van der Waals surface area contributed by atoms with Crippen LogP contribution in [-0.2, 0) is 6.18 Å². The Hall–Kier alpha value is -4.00. The molecule has 4 nitrogen and oxygen atoms in total. The molecule has 1 heterocycles. The summed E-state index contributed by atoms with van der Waals surface area (Å²) in [5.41, 5.74) is 9.33. The summed E-state index contributed by atoms with van der Waals surface area (Å²) in [6, 6.07) is 20.1. The molecule has 0 spiro atoms. The number of aromatic nitrogens is 2. The van der Waals surface area contributed by atoms with Crippen LogP contribution in [0.3, 0.4) is 0 Å². The second-order valence-electron chi connectivity index (χ2n) is 7.74. The third-order valence-electron chi connectivity index (χ3n) is 5.31. The average molecular weight is 447 g/mol. The lowest BCUT2D eigenvalue weighted by atomic mass is 9.97. The fourth-order valence-electron chi connectivity index (χ4n) is 3.76. The molecule has 0 saturated carbocycles. The van der Waals surface area contributed by atoms with E-state index in [0.29, 0.717) is 39.5 Å². The molecule has 0 atom stereocenters. The molecule has 0 aliphatic carbocycles. The normalized spacial score (nSPS) is 11.4. The second kappa shape index (κ2) is 8.50. The van der Waals surface area contributed by atoms with Crippen LogP contribution in [0.5, 0.6) is 0 Å². The van der Waals surface area contributed by atoms with Gasteiger partial charge in [-0.05, 0) is 60.9 Å². The Labute approximate surface area is 188 Å². The highest BCUT2D eigenvalue weighted by Gasteiger charge is 2.32. The summed E-state index contributed by atoms with van der Waals surface area (Å²) in [6.45, 7) is 3.23. The molecule has 1 aromatic heterocycles. The largest absolute Gasteiger partial charge is 0.416 e. The van der Waals surface area contributed by atoms with Gasteiger partial charge in [0.05, 0.1) is 11.3 Å². The van der Waals surface area contributed by atoms with Crippen LogP contribution >= 0.6 is 0 Å². The fraction of sp³-hybridized carbons (Fsp3) is 0.115. The van der Waals surface area contributed by atoms with Gasteiger partial charge in [0.2, 0.25) is 5.91 Å². The number of alkyl halides is 3. The minimum atomic E-state index is -4.41. The number of halogens is 3. The van der Waals surface area contributed by atoms with E-state index in [-0.39, 0.29) is 5.56 Å². The van der Waals surface area contributed by atoms with E-state index in [1.165, 1.54) is 19.1 Å². The summed E-state index contributed by atoms with van der Waals surface area (Å²) in [4.78, 5) is 21.0. The van der Waals surface area contributed by atoms with Gasteiger partial charge in [0.1, 0.15) is 0 Å². The number of nitrogens with two attached hydrogens (primary N) is 1. The Morgan fingerprint density at radius 2 is 1.55 bits per heavy atom. The Kier molecular flexibility index (Phi) is 5.72. The van der Waals surface area contributed by atoms with E-state index in [1.807, 2.05) is 36.4 Å². The summed E-state index contributed by atoms with van der Waals surface area (Å²) >= 11 is 0. The first-order valence-electron chi connectivity index (χ1n) is 10.2. The number of nitrogens with zero attached hydrogens (tertiary/aromatic N) is 2. The maximum Gasteiger partial charge on any atom is 0.416 e. The third-order valence-corrected chi connectivity index (χ3v) is 5.31. The quantitative estimate of drug-likeness (QED) is 0.404. The van der Waals surface area contributed by atoms with Gasteiger partial charge in [-0.3, -0.25) is 4.79 Å². The maximum atomic E-state index is 13.1. The second-order valence-corrected chi connectivity index (χ2v) is 7.74. The van der Waals surface area contributed by atoms with Crippen molar-refractivity contribution in [2.75, 3.05) is 0 Å². The molecule has 0 aliphatic rings. The zero-order chi connectivity index (χ0) is 23.8. The van der Waals surface area contributed by atoms with E-state index in [9.17, 15) is 18.0 Å². The summed E-state index contributed by atoms with van der Waals surface area (Å²) in [6.07, 6.45) is -4.41. The predicted molar refractivity (Wildman–Crippen MR) is 121 cm³/mol. The van der Waals surface area contributed by atoms with Crippen LogP contribution in [-0.4, -0.2) is 15.9 Å². The lowest BCUT2D eigenvalue weighted by Crippen LogP contribution is -2.12. The first kappa shape index (κ1) is 22.2. The number of hydrogen-bond donors (Lipinski definition) is 1. The molecule has 0 radical (unpaired) electrons. The Bertz CT molecular complexity index is 1360. The smallest absolute Gasteiger partial charge is 0.366 e. The monoisotopic (exact) mass is 447 g/mol. The molecule has 0 saturated heterocycles. The molecule has 4 aromatic rings. The molecule has 4 rings (SSSR count). The zero-order valence-electron chi connectivity index (χ0n) is 17.9. The fourth-order valence-corrected chi connectivity index (χ4v) is 3.76. The van der Waals surface area contributed by atoms with Gasteiger partial charge in [-0.25, -0.2) is 9.97 Å². The van der Waals surface area contributed by atoms with E-state index in [4.69, 9.17) is 5.73 Å². The maximum absolute atomic E-state index is 13.1.